The second kappa shape index (κ2) is 5.98. The average molecular weight is 237 g/mol. The van der Waals surface area contributed by atoms with Crippen LogP contribution in [0.2, 0.25) is 0 Å². The standard InChI is InChI=1S/C13H23N3O/c1-5-14-11-6-7-15-12(8-11)9-16(4)13(2,3)10-17/h6-8,17H,5,9-10H2,1-4H3,(H,14,15). The van der Waals surface area contributed by atoms with Gasteiger partial charge in [-0.15, -0.1) is 0 Å². The molecule has 0 aliphatic rings. The van der Waals surface area contributed by atoms with Crippen molar-refractivity contribution in [3.63, 3.8) is 0 Å². The lowest BCUT2D eigenvalue weighted by molar-refractivity contribution is 0.0725. The van der Waals surface area contributed by atoms with Gasteiger partial charge in [-0.2, -0.15) is 0 Å². The predicted molar refractivity (Wildman–Crippen MR) is 71.0 cm³/mol. The summed E-state index contributed by atoms with van der Waals surface area (Å²) in [7, 11) is 2.00. The van der Waals surface area contributed by atoms with Crippen LogP contribution in [0.5, 0.6) is 0 Å². The van der Waals surface area contributed by atoms with Gasteiger partial charge in [0.25, 0.3) is 0 Å². The van der Waals surface area contributed by atoms with E-state index in [1.165, 1.54) is 0 Å². The van der Waals surface area contributed by atoms with Gasteiger partial charge in [-0.25, -0.2) is 0 Å². The van der Waals surface area contributed by atoms with Crippen LogP contribution >= 0.6 is 0 Å². The number of aromatic nitrogens is 1. The number of nitrogens with zero attached hydrogens (tertiary/aromatic N) is 2. The summed E-state index contributed by atoms with van der Waals surface area (Å²) >= 11 is 0. The molecular formula is C13H23N3O. The maximum absolute atomic E-state index is 9.31. The van der Waals surface area contributed by atoms with E-state index >= 15 is 0 Å². The van der Waals surface area contributed by atoms with Crippen molar-refractivity contribution in [3.8, 4) is 0 Å². The molecular weight excluding hydrogens is 214 g/mol. The molecule has 0 unspecified atom stereocenters. The van der Waals surface area contributed by atoms with Crippen LogP contribution in [0.3, 0.4) is 0 Å². The molecule has 17 heavy (non-hydrogen) atoms. The fraction of sp³-hybridized carbons (Fsp3) is 0.615. The Morgan fingerprint density at radius 3 is 2.76 bits per heavy atom. The summed E-state index contributed by atoms with van der Waals surface area (Å²) in [5, 5.41) is 12.6. The molecule has 1 rings (SSSR count). The summed E-state index contributed by atoms with van der Waals surface area (Å²) in [6.45, 7) is 7.87. The minimum atomic E-state index is -0.226. The van der Waals surface area contributed by atoms with Crippen LogP contribution in [0.4, 0.5) is 5.69 Å². The van der Waals surface area contributed by atoms with Crippen molar-refractivity contribution >= 4 is 5.69 Å². The fourth-order valence-corrected chi connectivity index (χ4v) is 1.46. The Bertz CT molecular complexity index is 352. The third-order valence-electron chi connectivity index (χ3n) is 3.02. The van der Waals surface area contributed by atoms with Gasteiger partial charge >= 0.3 is 0 Å². The predicted octanol–water partition coefficient (Wildman–Crippen LogP) is 1.72. The molecule has 0 aliphatic heterocycles. The van der Waals surface area contributed by atoms with E-state index in [1.807, 2.05) is 39.2 Å². The van der Waals surface area contributed by atoms with Gasteiger partial charge < -0.3 is 10.4 Å². The highest BCUT2D eigenvalue weighted by Gasteiger charge is 2.22. The summed E-state index contributed by atoms with van der Waals surface area (Å²) < 4.78 is 0. The van der Waals surface area contributed by atoms with Crippen molar-refractivity contribution in [1.82, 2.24) is 9.88 Å². The number of hydrogen-bond donors (Lipinski definition) is 2. The molecule has 0 aliphatic carbocycles. The lowest BCUT2D eigenvalue weighted by atomic mass is 10.1. The first-order valence-corrected chi connectivity index (χ1v) is 6.00. The third kappa shape index (κ3) is 3.98. The molecule has 4 nitrogen and oxygen atoms in total. The zero-order chi connectivity index (χ0) is 12.9. The number of pyridine rings is 1. The monoisotopic (exact) mass is 237 g/mol. The summed E-state index contributed by atoms with van der Waals surface area (Å²) in [5.74, 6) is 0. The molecule has 1 heterocycles. The van der Waals surface area contributed by atoms with Crippen LogP contribution < -0.4 is 5.32 Å². The quantitative estimate of drug-likeness (QED) is 0.791. The lowest BCUT2D eigenvalue weighted by Crippen LogP contribution is -2.43. The van der Waals surface area contributed by atoms with E-state index in [2.05, 4.69) is 22.1 Å². The number of nitrogens with one attached hydrogen (secondary N) is 1. The Balaban J connectivity index is 2.71. The molecule has 0 amide bonds. The molecule has 96 valence electrons. The first-order valence-electron chi connectivity index (χ1n) is 6.00. The molecule has 0 saturated heterocycles. The van der Waals surface area contributed by atoms with Crippen molar-refractivity contribution in [1.29, 1.82) is 0 Å². The molecule has 0 radical (unpaired) electrons. The largest absolute Gasteiger partial charge is 0.394 e. The molecule has 0 fully saturated rings. The van der Waals surface area contributed by atoms with Gasteiger partial charge in [0.1, 0.15) is 0 Å². The Morgan fingerprint density at radius 2 is 2.18 bits per heavy atom. The van der Waals surface area contributed by atoms with E-state index in [4.69, 9.17) is 0 Å². The second-order valence-electron chi connectivity index (χ2n) is 4.89. The molecule has 0 saturated carbocycles. The number of rotatable bonds is 6. The number of likely N-dealkylation sites (N-methyl/N-ethyl adjacent to an activating group) is 1. The molecule has 0 aromatic carbocycles. The maximum atomic E-state index is 9.31. The van der Waals surface area contributed by atoms with Gasteiger partial charge in [0.2, 0.25) is 0 Å². The Morgan fingerprint density at radius 1 is 1.47 bits per heavy atom. The van der Waals surface area contributed by atoms with Crippen molar-refractivity contribution in [2.45, 2.75) is 32.9 Å². The van der Waals surface area contributed by atoms with Crippen molar-refractivity contribution in [2.75, 3.05) is 25.5 Å². The fourth-order valence-electron chi connectivity index (χ4n) is 1.46. The molecule has 1 aromatic rings. The van der Waals surface area contributed by atoms with Crippen LogP contribution in [0.1, 0.15) is 26.5 Å². The second-order valence-corrected chi connectivity index (χ2v) is 4.89. The highest BCUT2D eigenvalue weighted by atomic mass is 16.3. The SMILES string of the molecule is CCNc1ccnc(CN(C)C(C)(C)CO)c1. The van der Waals surface area contributed by atoms with Gasteiger partial charge in [0.15, 0.2) is 0 Å². The summed E-state index contributed by atoms with van der Waals surface area (Å²) in [6, 6.07) is 4.01. The molecule has 4 heteroatoms. The first kappa shape index (κ1) is 13.9. The van der Waals surface area contributed by atoms with Crippen molar-refractivity contribution in [3.05, 3.63) is 24.0 Å². The van der Waals surface area contributed by atoms with Gasteiger partial charge in [0.05, 0.1) is 12.3 Å². The lowest BCUT2D eigenvalue weighted by Gasteiger charge is -2.33. The first-order chi connectivity index (χ1) is 7.99. The molecule has 2 N–H and O–H groups in total. The van der Waals surface area contributed by atoms with Gasteiger partial charge in [-0.3, -0.25) is 9.88 Å². The smallest absolute Gasteiger partial charge is 0.0610 e. The molecule has 0 atom stereocenters. The van der Waals surface area contributed by atoms with Gasteiger partial charge in [0, 0.05) is 30.5 Å². The van der Waals surface area contributed by atoms with Crippen LogP contribution in [-0.4, -0.2) is 40.7 Å². The van der Waals surface area contributed by atoms with Crippen molar-refractivity contribution in [2.24, 2.45) is 0 Å². The molecule has 0 bridgehead atoms. The van der Waals surface area contributed by atoms with E-state index in [9.17, 15) is 5.11 Å². The normalized spacial score (nSPS) is 11.9. The van der Waals surface area contributed by atoms with Crippen LogP contribution in [-0.2, 0) is 6.54 Å². The Labute approximate surface area is 104 Å². The van der Waals surface area contributed by atoms with E-state index in [1.54, 1.807) is 0 Å². The van der Waals surface area contributed by atoms with Gasteiger partial charge in [-0.05, 0) is 40.0 Å². The zero-order valence-corrected chi connectivity index (χ0v) is 11.2. The van der Waals surface area contributed by atoms with E-state index in [-0.39, 0.29) is 12.1 Å². The summed E-state index contributed by atoms with van der Waals surface area (Å²) in [4.78, 5) is 6.45. The van der Waals surface area contributed by atoms with Crippen LogP contribution in [0, 0.1) is 0 Å². The highest BCUT2D eigenvalue weighted by Crippen LogP contribution is 2.15. The number of anilines is 1. The maximum Gasteiger partial charge on any atom is 0.0610 e. The number of aliphatic hydroxyl groups is 1. The topological polar surface area (TPSA) is 48.4 Å². The van der Waals surface area contributed by atoms with Gasteiger partial charge in [-0.1, -0.05) is 0 Å². The van der Waals surface area contributed by atoms with E-state index < -0.39 is 0 Å². The summed E-state index contributed by atoms with van der Waals surface area (Å²) in [5.41, 5.74) is 1.87. The van der Waals surface area contributed by atoms with E-state index in [0.29, 0.717) is 0 Å². The van der Waals surface area contributed by atoms with E-state index in [0.717, 1.165) is 24.5 Å². The number of hydrogen-bond acceptors (Lipinski definition) is 4. The average Bonchev–Trinajstić information content (AvgIpc) is 2.30. The van der Waals surface area contributed by atoms with Crippen LogP contribution in [0.15, 0.2) is 18.3 Å². The highest BCUT2D eigenvalue weighted by molar-refractivity contribution is 5.42. The Kier molecular flexibility index (Phi) is 4.90. The minimum Gasteiger partial charge on any atom is -0.394 e. The summed E-state index contributed by atoms with van der Waals surface area (Å²) in [6.07, 6.45) is 1.81. The molecule has 0 spiro atoms. The molecule has 1 aromatic heterocycles. The zero-order valence-electron chi connectivity index (χ0n) is 11.2. The number of aliphatic hydroxyl groups excluding tert-OH is 1. The minimum absolute atomic E-state index is 0.135. The third-order valence-corrected chi connectivity index (χ3v) is 3.02. The van der Waals surface area contributed by atoms with Crippen LogP contribution in [0.25, 0.3) is 0 Å². The van der Waals surface area contributed by atoms with Crippen molar-refractivity contribution < 1.29 is 5.11 Å². The Hall–Kier alpha value is -1.13.